The van der Waals surface area contributed by atoms with Gasteiger partial charge in [-0.3, -0.25) is 5.73 Å². The van der Waals surface area contributed by atoms with Gasteiger partial charge >= 0.3 is 0 Å². The van der Waals surface area contributed by atoms with Crippen molar-refractivity contribution in [3.63, 3.8) is 0 Å². The predicted molar refractivity (Wildman–Crippen MR) is 89.8 cm³/mol. The van der Waals surface area contributed by atoms with Gasteiger partial charge in [0.05, 0.1) is 0 Å². The molecule has 1 heterocycles. The van der Waals surface area contributed by atoms with Crippen LogP contribution in [0.25, 0.3) is 0 Å². The first-order chi connectivity index (χ1) is 11.1. The smallest absolute Gasteiger partial charge is 0.203 e. The van der Waals surface area contributed by atoms with Gasteiger partial charge in [0.2, 0.25) is 5.72 Å². The van der Waals surface area contributed by atoms with Crippen LogP contribution in [0.4, 0.5) is 0 Å². The van der Waals surface area contributed by atoms with E-state index in [2.05, 4.69) is 6.07 Å². The van der Waals surface area contributed by atoms with Crippen LogP contribution >= 0.6 is 11.6 Å². The van der Waals surface area contributed by atoms with Gasteiger partial charge in [-0.05, 0) is 30.5 Å². The Hall–Kier alpha value is -1.39. The van der Waals surface area contributed by atoms with Gasteiger partial charge in [0.15, 0.2) is 0 Å². The first kappa shape index (κ1) is 15.2. The number of halogens is 1. The minimum atomic E-state index is -1.11. The monoisotopic (exact) mass is 329 g/mol. The molecule has 0 saturated heterocycles. The molecule has 1 saturated carbocycles. The van der Waals surface area contributed by atoms with E-state index in [1.807, 2.05) is 42.5 Å². The molecule has 4 rings (SSSR count). The first-order valence-corrected chi connectivity index (χ1v) is 8.54. The van der Waals surface area contributed by atoms with E-state index in [0.717, 1.165) is 42.4 Å². The largest absolute Gasteiger partial charge is 0.293 e. The Morgan fingerprint density at radius 2 is 1.48 bits per heavy atom. The van der Waals surface area contributed by atoms with Crippen LogP contribution in [-0.2, 0) is 21.1 Å². The van der Waals surface area contributed by atoms with Crippen LogP contribution in [0.5, 0.6) is 0 Å². The van der Waals surface area contributed by atoms with Crippen LogP contribution in [0.15, 0.2) is 48.5 Å². The molecule has 1 atom stereocenters. The number of benzene rings is 2. The Morgan fingerprint density at radius 1 is 0.826 bits per heavy atom. The van der Waals surface area contributed by atoms with Crippen LogP contribution in [-0.4, -0.2) is 0 Å². The quantitative estimate of drug-likeness (QED) is 0.776. The van der Waals surface area contributed by atoms with Crippen molar-refractivity contribution in [2.45, 2.75) is 43.4 Å². The third-order valence-electron chi connectivity index (χ3n) is 5.08. The number of fused-ring (bicyclic) bond motifs is 2. The normalized spacial score (nSPS) is 26.0. The molecule has 1 unspecified atom stereocenters. The highest BCUT2D eigenvalue weighted by Crippen LogP contribution is 2.49. The lowest BCUT2D eigenvalue weighted by molar-refractivity contribution is -0.431. The molecule has 2 N–H and O–H groups in total. The third-order valence-corrected chi connectivity index (χ3v) is 5.34. The fourth-order valence-electron chi connectivity index (χ4n) is 3.82. The molecule has 0 aromatic heterocycles. The van der Waals surface area contributed by atoms with Crippen molar-refractivity contribution < 1.29 is 9.78 Å². The second kappa shape index (κ2) is 5.60. The van der Waals surface area contributed by atoms with E-state index in [9.17, 15) is 0 Å². The summed E-state index contributed by atoms with van der Waals surface area (Å²) in [7, 11) is 0. The molecule has 4 heteroatoms. The molecule has 1 aliphatic carbocycles. The number of hydrogen-bond donors (Lipinski definition) is 1. The summed E-state index contributed by atoms with van der Waals surface area (Å²) in [6, 6.07) is 15.6. The summed E-state index contributed by atoms with van der Waals surface area (Å²) in [5.41, 5.74) is 8.15. The molecule has 23 heavy (non-hydrogen) atoms. The summed E-state index contributed by atoms with van der Waals surface area (Å²) >= 11 is 6.00. The van der Waals surface area contributed by atoms with Crippen molar-refractivity contribution in [3.05, 3.63) is 70.2 Å². The summed E-state index contributed by atoms with van der Waals surface area (Å²) < 4.78 is 0. The van der Waals surface area contributed by atoms with Crippen molar-refractivity contribution in [3.8, 4) is 0 Å². The second-order valence-electron chi connectivity index (χ2n) is 6.51. The molecular formula is C19H20ClNO2. The molecule has 120 valence electrons. The lowest BCUT2D eigenvalue weighted by Gasteiger charge is -2.46. The van der Waals surface area contributed by atoms with E-state index >= 15 is 0 Å². The van der Waals surface area contributed by atoms with Crippen molar-refractivity contribution in [2.24, 2.45) is 5.73 Å². The maximum Gasteiger partial charge on any atom is 0.203 e. The summed E-state index contributed by atoms with van der Waals surface area (Å²) in [6.07, 6.45) is 5.49. The van der Waals surface area contributed by atoms with Gasteiger partial charge in [0, 0.05) is 16.1 Å². The molecule has 2 aromatic carbocycles. The van der Waals surface area contributed by atoms with Crippen LogP contribution in [0, 0.1) is 0 Å². The van der Waals surface area contributed by atoms with Crippen LogP contribution in [0.1, 0.15) is 48.8 Å². The Labute approximate surface area is 141 Å². The Morgan fingerprint density at radius 3 is 2.17 bits per heavy atom. The lowest BCUT2D eigenvalue weighted by Crippen LogP contribution is -2.50. The minimum Gasteiger partial charge on any atom is -0.293 e. The number of rotatable bonds is 1. The van der Waals surface area contributed by atoms with E-state index in [1.165, 1.54) is 6.42 Å². The highest BCUT2D eigenvalue weighted by molar-refractivity contribution is 6.30. The summed E-state index contributed by atoms with van der Waals surface area (Å²) in [5, 5.41) is 0.672. The highest BCUT2D eigenvalue weighted by Gasteiger charge is 2.49. The fraction of sp³-hybridized carbons (Fsp3) is 0.368. The Kier molecular flexibility index (Phi) is 3.69. The SMILES string of the molecule is NC1(c2ccc(Cl)cc2)OOC2(CCCCC2)c2ccccc21. The van der Waals surface area contributed by atoms with Crippen molar-refractivity contribution in [1.29, 1.82) is 0 Å². The van der Waals surface area contributed by atoms with Gasteiger partial charge in [-0.2, -0.15) is 0 Å². The van der Waals surface area contributed by atoms with Gasteiger partial charge < -0.3 is 0 Å². The molecule has 2 aromatic rings. The van der Waals surface area contributed by atoms with Gasteiger partial charge in [0.1, 0.15) is 5.60 Å². The molecule has 0 amide bonds. The standard InChI is InChI=1S/C19H20ClNO2/c20-15-10-8-14(9-11-15)19(21)17-7-3-2-6-16(17)18(22-23-19)12-4-1-5-13-18/h2-3,6-11H,1,4-5,12-13,21H2. The van der Waals surface area contributed by atoms with Crippen molar-refractivity contribution in [1.82, 2.24) is 0 Å². The third kappa shape index (κ3) is 2.39. The van der Waals surface area contributed by atoms with Crippen LogP contribution in [0.3, 0.4) is 0 Å². The van der Waals surface area contributed by atoms with Crippen LogP contribution < -0.4 is 5.73 Å². The molecule has 0 bridgehead atoms. The average Bonchev–Trinajstić information content (AvgIpc) is 2.60. The number of hydrogen-bond acceptors (Lipinski definition) is 3. The lowest BCUT2D eigenvalue weighted by atomic mass is 9.75. The van der Waals surface area contributed by atoms with E-state index in [1.54, 1.807) is 0 Å². The van der Waals surface area contributed by atoms with E-state index in [4.69, 9.17) is 27.1 Å². The zero-order valence-electron chi connectivity index (χ0n) is 12.9. The fourth-order valence-corrected chi connectivity index (χ4v) is 3.94. The molecule has 1 aliphatic heterocycles. The maximum atomic E-state index is 6.64. The van der Waals surface area contributed by atoms with Gasteiger partial charge in [0.25, 0.3) is 0 Å². The Balaban J connectivity index is 1.84. The molecule has 3 nitrogen and oxygen atoms in total. The molecule has 0 radical (unpaired) electrons. The molecule has 1 fully saturated rings. The van der Waals surface area contributed by atoms with E-state index < -0.39 is 5.72 Å². The number of nitrogens with two attached hydrogens (primary N) is 1. The van der Waals surface area contributed by atoms with Crippen molar-refractivity contribution >= 4 is 11.6 Å². The summed E-state index contributed by atoms with van der Waals surface area (Å²) in [6.45, 7) is 0. The van der Waals surface area contributed by atoms with Gasteiger partial charge in [-0.15, -0.1) is 0 Å². The van der Waals surface area contributed by atoms with E-state index in [-0.39, 0.29) is 5.60 Å². The topological polar surface area (TPSA) is 44.5 Å². The summed E-state index contributed by atoms with van der Waals surface area (Å²) in [4.78, 5) is 11.8. The van der Waals surface area contributed by atoms with Crippen molar-refractivity contribution in [2.75, 3.05) is 0 Å². The second-order valence-corrected chi connectivity index (χ2v) is 6.95. The van der Waals surface area contributed by atoms with Gasteiger partial charge in [-0.1, -0.05) is 67.3 Å². The predicted octanol–water partition coefficient (Wildman–Crippen LogP) is 4.62. The maximum absolute atomic E-state index is 6.64. The zero-order chi connectivity index (χ0) is 15.9. The first-order valence-electron chi connectivity index (χ1n) is 8.16. The zero-order valence-corrected chi connectivity index (χ0v) is 13.7. The average molecular weight is 330 g/mol. The molecular weight excluding hydrogens is 310 g/mol. The Bertz CT molecular complexity index is 710. The minimum absolute atomic E-state index is 0.357. The van der Waals surface area contributed by atoms with Crippen LogP contribution in [0.2, 0.25) is 5.02 Å². The highest BCUT2D eigenvalue weighted by atomic mass is 35.5. The molecule has 1 spiro atoms. The molecule has 2 aliphatic rings. The van der Waals surface area contributed by atoms with E-state index in [0.29, 0.717) is 5.02 Å². The van der Waals surface area contributed by atoms with Gasteiger partial charge in [-0.25, -0.2) is 9.78 Å². The summed E-state index contributed by atoms with van der Waals surface area (Å²) in [5.74, 6) is 0.